The molecule has 2 N–H and O–H groups in total. The van der Waals surface area contributed by atoms with Crippen LogP contribution in [0, 0.1) is 5.41 Å². The number of hydrogen-bond donors (Lipinski definition) is 2. The molecule has 0 atom stereocenters. The molecule has 1 amide bonds. The second-order valence-electron chi connectivity index (χ2n) is 7.41. The highest BCUT2D eigenvalue weighted by Gasteiger charge is 2.47. The Balaban J connectivity index is 0.000000569. The van der Waals surface area contributed by atoms with Crippen molar-refractivity contribution < 1.29 is 14.7 Å². The number of carbonyl (C=O) groups excluding carboxylic acids is 1. The summed E-state index contributed by atoms with van der Waals surface area (Å²) in [5.41, 5.74) is 4.58. The smallest absolute Gasteiger partial charge is 0.290 e. The monoisotopic (exact) mass is 342 g/mol. The molecule has 5 nitrogen and oxygen atoms in total. The van der Waals surface area contributed by atoms with Crippen molar-refractivity contribution in [2.24, 2.45) is 5.41 Å². The van der Waals surface area contributed by atoms with E-state index < -0.39 is 0 Å². The van der Waals surface area contributed by atoms with Crippen LogP contribution in [0.5, 0.6) is 0 Å². The molecular weight excluding hydrogens is 316 g/mol. The summed E-state index contributed by atoms with van der Waals surface area (Å²) in [7, 11) is 0. The van der Waals surface area contributed by atoms with Gasteiger partial charge in [0.25, 0.3) is 6.47 Å². The van der Waals surface area contributed by atoms with E-state index in [1.165, 1.54) is 55.0 Å². The highest BCUT2D eigenvalue weighted by molar-refractivity contribution is 5.87. The van der Waals surface area contributed by atoms with E-state index in [0.717, 1.165) is 13.0 Å². The average Bonchev–Trinajstić information content (AvgIpc) is 2.55. The van der Waals surface area contributed by atoms with Gasteiger partial charge in [0.1, 0.15) is 0 Å². The van der Waals surface area contributed by atoms with Crippen molar-refractivity contribution in [1.82, 2.24) is 4.90 Å². The summed E-state index contributed by atoms with van der Waals surface area (Å²) in [5.74, 6) is 0.0370. The quantitative estimate of drug-likeness (QED) is 0.654. The largest absolute Gasteiger partial charge is 0.483 e. The Bertz CT molecular complexity index is 659. The predicted molar refractivity (Wildman–Crippen MR) is 97.4 cm³/mol. The van der Waals surface area contributed by atoms with Crippen LogP contribution in [0.1, 0.15) is 43.2 Å². The summed E-state index contributed by atoms with van der Waals surface area (Å²) in [6, 6.07) is 7.32. The fourth-order valence-electron chi connectivity index (χ4n) is 4.37. The summed E-state index contributed by atoms with van der Waals surface area (Å²) in [6.45, 7) is 4.85. The zero-order valence-corrected chi connectivity index (χ0v) is 14.5. The normalized spacial score (nSPS) is 20.2. The lowest BCUT2D eigenvalue weighted by Crippen LogP contribution is -2.49. The first kappa shape index (κ1) is 17.5. The number of amides is 1. The minimum absolute atomic E-state index is 0.0370. The maximum absolute atomic E-state index is 11.8. The van der Waals surface area contributed by atoms with Crippen LogP contribution in [0.3, 0.4) is 0 Å². The van der Waals surface area contributed by atoms with Gasteiger partial charge in [0.05, 0.1) is 0 Å². The van der Waals surface area contributed by atoms with Crippen molar-refractivity contribution in [3.8, 4) is 0 Å². The fourth-order valence-corrected chi connectivity index (χ4v) is 4.37. The summed E-state index contributed by atoms with van der Waals surface area (Å²) < 4.78 is 0. The molecule has 1 aliphatic heterocycles. The van der Waals surface area contributed by atoms with Crippen LogP contribution in [0.2, 0.25) is 0 Å². The molecule has 0 bridgehead atoms. The number of anilines is 1. The number of carbonyl (C=O) groups is 2. The minimum atomic E-state index is -0.250. The Morgan fingerprint density at radius 2 is 2.04 bits per heavy atom. The zero-order valence-electron chi connectivity index (χ0n) is 14.5. The van der Waals surface area contributed by atoms with Crippen molar-refractivity contribution in [3.05, 3.63) is 42.0 Å². The molecule has 2 saturated carbocycles. The molecule has 2 aliphatic carbocycles. The Kier molecular flexibility index (Phi) is 5.11. The lowest BCUT2D eigenvalue weighted by molar-refractivity contribution is -0.127. The number of hydrogen-bond acceptors (Lipinski definition) is 3. The number of rotatable bonds is 3. The van der Waals surface area contributed by atoms with Crippen molar-refractivity contribution in [1.29, 1.82) is 0 Å². The van der Waals surface area contributed by atoms with Crippen molar-refractivity contribution in [3.63, 3.8) is 0 Å². The SMILES string of the molecule is C=CC(=O)N1CCc2ccc(NC3CC4(CCC4)C3)cc2C1.O=CO. The van der Waals surface area contributed by atoms with Crippen LogP contribution >= 0.6 is 0 Å². The zero-order chi connectivity index (χ0) is 17.9. The van der Waals surface area contributed by atoms with E-state index in [0.29, 0.717) is 18.0 Å². The molecule has 0 unspecified atom stereocenters. The summed E-state index contributed by atoms with van der Waals surface area (Å²) >= 11 is 0. The van der Waals surface area contributed by atoms with Crippen LogP contribution in [0.4, 0.5) is 5.69 Å². The molecule has 3 aliphatic rings. The number of nitrogens with one attached hydrogen (secondary N) is 1. The van der Waals surface area contributed by atoms with Crippen LogP contribution in [-0.4, -0.2) is 35.0 Å². The molecular formula is C20H26N2O3. The van der Waals surface area contributed by atoms with Crippen LogP contribution in [0.15, 0.2) is 30.9 Å². The Morgan fingerprint density at radius 3 is 2.64 bits per heavy atom. The predicted octanol–water partition coefficient (Wildman–Crippen LogP) is 3.20. The highest BCUT2D eigenvalue weighted by Crippen LogP contribution is 2.56. The van der Waals surface area contributed by atoms with E-state index in [1.807, 2.05) is 4.90 Å². The molecule has 25 heavy (non-hydrogen) atoms. The van der Waals surface area contributed by atoms with Gasteiger partial charge < -0.3 is 15.3 Å². The van der Waals surface area contributed by atoms with Crippen LogP contribution in [0.25, 0.3) is 0 Å². The number of nitrogens with zero attached hydrogens (tertiary/aromatic N) is 1. The van der Waals surface area contributed by atoms with Gasteiger partial charge in [0, 0.05) is 24.8 Å². The average molecular weight is 342 g/mol. The molecule has 5 heteroatoms. The molecule has 1 aromatic carbocycles. The molecule has 4 rings (SSSR count). The Hall–Kier alpha value is -2.30. The van der Waals surface area contributed by atoms with Crippen LogP contribution in [-0.2, 0) is 22.6 Å². The fraction of sp³-hybridized carbons (Fsp3) is 0.500. The molecule has 0 saturated heterocycles. The van der Waals surface area contributed by atoms with Gasteiger partial charge >= 0.3 is 0 Å². The minimum Gasteiger partial charge on any atom is -0.483 e. The maximum atomic E-state index is 11.8. The Morgan fingerprint density at radius 1 is 1.32 bits per heavy atom. The van der Waals surface area contributed by atoms with E-state index in [1.54, 1.807) is 0 Å². The lowest BCUT2D eigenvalue weighted by Gasteiger charge is -2.54. The van der Waals surface area contributed by atoms with Crippen LogP contribution < -0.4 is 5.32 Å². The van der Waals surface area contributed by atoms with Crippen molar-refractivity contribution >= 4 is 18.1 Å². The molecule has 1 spiro atoms. The standard InChI is InChI=1S/C19H24N2O.CH2O2/c1-2-18(22)21-9-6-14-4-5-16(10-15(14)13-21)20-17-11-19(12-17)7-3-8-19;2-1-3/h2,4-5,10,17,20H,1,3,6-9,11-13H2;1H,(H,2,3). The van der Waals surface area contributed by atoms with Gasteiger partial charge in [-0.1, -0.05) is 19.1 Å². The van der Waals surface area contributed by atoms with Gasteiger partial charge in [0.2, 0.25) is 5.91 Å². The molecule has 2 fully saturated rings. The first-order valence-corrected chi connectivity index (χ1v) is 8.97. The van der Waals surface area contributed by atoms with Gasteiger partial charge in [-0.3, -0.25) is 9.59 Å². The van der Waals surface area contributed by atoms with E-state index in [4.69, 9.17) is 9.90 Å². The third kappa shape index (κ3) is 3.70. The van der Waals surface area contributed by atoms with E-state index >= 15 is 0 Å². The Labute approximate surface area is 148 Å². The molecule has 0 aromatic heterocycles. The third-order valence-electron chi connectivity index (χ3n) is 5.85. The van der Waals surface area contributed by atoms with E-state index in [-0.39, 0.29) is 12.4 Å². The number of carboxylic acid groups (broad SMARTS) is 1. The van der Waals surface area contributed by atoms with Gasteiger partial charge in [-0.2, -0.15) is 0 Å². The molecule has 134 valence electrons. The van der Waals surface area contributed by atoms with Gasteiger partial charge in [-0.25, -0.2) is 0 Å². The second-order valence-corrected chi connectivity index (χ2v) is 7.41. The summed E-state index contributed by atoms with van der Waals surface area (Å²) in [5, 5.41) is 10.6. The van der Waals surface area contributed by atoms with Gasteiger partial charge in [-0.05, 0) is 66.9 Å². The number of benzene rings is 1. The molecule has 1 aromatic rings. The summed E-state index contributed by atoms with van der Waals surface area (Å²) in [6.07, 6.45) is 9.35. The molecule has 1 heterocycles. The maximum Gasteiger partial charge on any atom is 0.290 e. The first-order valence-electron chi connectivity index (χ1n) is 8.97. The summed E-state index contributed by atoms with van der Waals surface area (Å²) in [4.78, 5) is 22.0. The highest BCUT2D eigenvalue weighted by atomic mass is 16.3. The van der Waals surface area contributed by atoms with E-state index in [9.17, 15) is 4.79 Å². The van der Waals surface area contributed by atoms with Crippen molar-refractivity contribution in [2.45, 2.75) is 51.1 Å². The lowest BCUT2D eigenvalue weighted by atomic mass is 9.54. The number of fused-ring (bicyclic) bond motifs is 1. The van der Waals surface area contributed by atoms with Gasteiger partial charge in [0.15, 0.2) is 0 Å². The molecule has 0 radical (unpaired) electrons. The second kappa shape index (κ2) is 7.30. The third-order valence-corrected chi connectivity index (χ3v) is 5.85. The van der Waals surface area contributed by atoms with Crippen molar-refractivity contribution in [2.75, 3.05) is 11.9 Å². The first-order chi connectivity index (χ1) is 12.1. The van der Waals surface area contributed by atoms with Gasteiger partial charge in [-0.15, -0.1) is 0 Å². The topological polar surface area (TPSA) is 69.6 Å². The van der Waals surface area contributed by atoms with E-state index in [2.05, 4.69) is 30.1 Å².